The lowest BCUT2D eigenvalue weighted by Gasteiger charge is -2.52. The molecule has 0 unspecified atom stereocenters. The summed E-state index contributed by atoms with van der Waals surface area (Å²) in [6.07, 6.45) is 2.43. The Kier molecular flexibility index (Phi) is 4.39. The van der Waals surface area contributed by atoms with Crippen LogP contribution in [0.2, 0.25) is 0 Å². The molecule has 2 saturated carbocycles. The van der Waals surface area contributed by atoms with Crippen molar-refractivity contribution in [3.8, 4) is 0 Å². The standard InChI is InChI=1S/C23H34O6/c1-11(2)29-23-17(20(23,5)6)15-8-14(10-24)9-21(27)16(7-12(3)18(21)25)22(15,28)13(4)19(23)26/h7-8,11,13,15-17,19,24,26-28H,9-10H2,1-6H3/t13-,15+,16-,17-,19-,21-,22-,23-/m1/s1. The molecule has 4 N–H and O–H groups in total. The van der Waals surface area contributed by atoms with E-state index in [2.05, 4.69) is 0 Å². The topological polar surface area (TPSA) is 107 Å². The van der Waals surface area contributed by atoms with Crippen LogP contribution in [-0.2, 0) is 9.53 Å². The summed E-state index contributed by atoms with van der Waals surface area (Å²) in [4.78, 5) is 12.9. The van der Waals surface area contributed by atoms with Crippen molar-refractivity contribution in [2.24, 2.45) is 29.1 Å². The molecule has 2 fully saturated rings. The van der Waals surface area contributed by atoms with E-state index in [1.165, 1.54) is 0 Å². The molecule has 0 heterocycles. The van der Waals surface area contributed by atoms with E-state index in [0.29, 0.717) is 11.1 Å². The van der Waals surface area contributed by atoms with Crippen molar-refractivity contribution >= 4 is 5.78 Å². The second-order valence-corrected chi connectivity index (χ2v) is 10.5. The van der Waals surface area contributed by atoms with Crippen molar-refractivity contribution in [2.45, 2.75) is 77.0 Å². The Bertz CT molecular complexity index is 812. The van der Waals surface area contributed by atoms with E-state index in [1.54, 1.807) is 19.9 Å². The van der Waals surface area contributed by atoms with Crippen LogP contribution in [0.1, 0.15) is 48.0 Å². The van der Waals surface area contributed by atoms with Crippen LogP contribution in [0.4, 0.5) is 0 Å². The summed E-state index contributed by atoms with van der Waals surface area (Å²) >= 11 is 0. The number of fused-ring (bicyclic) bond motifs is 5. The van der Waals surface area contributed by atoms with Crippen molar-refractivity contribution in [3.05, 3.63) is 23.3 Å². The summed E-state index contributed by atoms with van der Waals surface area (Å²) in [6.45, 7) is 11.1. The second-order valence-electron chi connectivity index (χ2n) is 10.5. The number of rotatable bonds is 3. The zero-order chi connectivity index (χ0) is 21.7. The molecule has 6 nitrogen and oxygen atoms in total. The van der Waals surface area contributed by atoms with Gasteiger partial charge in [0, 0.05) is 35.5 Å². The Morgan fingerprint density at radius 1 is 1.24 bits per heavy atom. The number of carbonyl (C=O) groups is 1. The first-order valence-electron chi connectivity index (χ1n) is 10.6. The van der Waals surface area contributed by atoms with Gasteiger partial charge in [-0.1, -0.05) is 32.9 Å². The van der Waals surface area contributed by atoms with Gasteiger partial charge in [-0.25, -0.2) is 0 Å². The number of hydrogen-bond acceptors (Lipinski definition) is 6. The first-order chi connectivity index (χ1) is 13.3. The van der Waals surface area contributed by atoms with Gasteiger partial charge in [0.25, 0.3) is 0 Å². The second kappa shape index (κ2) is 6.01. The van der Waals surface area contributed by atoms with Crippen molar-refractivity contribution in [1.82, 2.24) is 0 Å². The molecule has 0 aromatic rings. The molecule has 4 aliphatic carbocycles. The smallest absolute Gasteiger partial charge is 0.190 e. The minimum Gasteiger partial charge on any atom is -0.392 e. The summed E-state index contributed by atoms with van der Waals surface area (Å²) in [5, 5.41) is 45.0. The van der Waals surface area contributed by atoms with Crippen molar-refractivity contribution in [2.75, 3.05) is 6.61 Å². The molecule has 0 aromatic heterocycles. The predicted molar refractivity (Wildman–Crippen MR) is 107 cm³/mol. The van der Waals surface area contributed by atoms with Gasteiger partial charge < -0.3 is 25.2 Å². The average Bonchev–Trinajstić information content (AvgIpc) is 3.06. The summed E-state index contributed by atoms with van der Waals surface area (Å²) in [5.41, 5.74) is -3.63. The molecule has 162 valence electrons. The van der Waals surface area contributed by atoms with Gasteiger partial charge >= 0.3 is 0 Å². The quantitative estimate of drug-likeness (QED) is 0.527. The molecule has 8 atom stereocenters. The Labute approximate surface area is 172 Å². The minimum atomic E-state index is -1.81. The highest BCUT2D eigenvalue weighted by Gasteiger charge is 2.85. The van der Waals surface area contributed by atoms with Gasteiger partial charge in [0.15, 0.2) is 5.78 Å². The zero-order valence-electron chi connectivity index (χ0n) is 18.1. The van der Waals surface area contributed by atoms with Crippen LogP contribution < -0.4 is 0 Å². The van der Waals surface area contributed by atoms with Crippen LogP contribution >= 0.6 is 0 Å². The normalized spacial score (nSPS) is 50.3. The van der Waals surface area contributed by atoms with E-state index >= 15 is 0 Å². The number of aliphatic hydroxyl groups excluding tert-OH is 2. The van der Waals surface area contributed by atoms with E-state index in [1.807, 2.05) is 33.8 Å². The van der Waals surface area contributed by atoms with Gasteiger partial charge in [0.1, 0.15) is 11.2 Å². The molecule has 0 aromatic carbocycles. The first kappa shape index (κ1) is 21.2. The fraction of sp³-hybridized carbons (Fsp3) is 0.783. The zero-order valence-corrected chi connectivity index (χ0v) is 18.1. The molecule has 0 saturated heterocycles. The molecule has 4 aliphatic rings. The van der Waals surface area contributed by atoms with Gasteiger partial charge in [-0.05, 0) is 31.9 Å². The number of ketones is 1. The van der Waals surface area contributed by atoms with Crippen LogP contribution in [0.5, 0.6) is 0 Å². The Hall–Kier alpha value is -1.05. The predicted octanol–water partition coefficient (Wildman–Crippen LogP) is 1.36. The molecule has 0 spiro atoms. The summed E-state index contributed by atoms with van der Waals surface area (Å²) < 4.78 is 6.34. The molecule has 0 amide bonds. The van der Waals surface area contributed by atoms with Gasteiger partial charge in [-0.15, -0.1) is 0 Å². The fourth-order valence-corrected chi connectivity index (χ4v) is 7.10. The average molecular weight is 407 g/mol. The van der Waals surface area contributed by atoms with E-state index in [9.17, 15) is 25.2 Å². The number of carbonyl (C=O) groups excluding carboxylic acids is 1. The molecule has 0 radical (unpaired) electrons. The first-order valence-corrected chi connectivity index (χ1v) is 10.6. The van der Waals surface area contributed by atoms with Crippen LogP contribution in [-0.4, -0.2) is 61.8 Å². The van der Waals surface area contributed by atoms with Crippen LogP contribution in [0.15, 0.2) is 23.3 Å². The van der Waals surface area contributed by atoms with E-state index < -0.39 is 51.9 Å². The highest BCUT2D eigenvalue weighted by molar-refractivity contribution is 6.04. The lowest BCUT2D eigenvalue weighted by molar-refractivity contribution is -0.225. The fourth-order valence-electron chi connectivity index (χ4n) is 7.10. The maximum atomic E-state index is 12.9. The molecule has 0 bridgehead atoms. The third-order valence-electron chi connectivity index (χ3n) is 8.43. The SMILES string of the molecule is CC1=C[C@H]2[C@@]3(O)[C@H](C)[C@@H](O)[C@]4(OC(C)C)[C@H]([C@@H]3C=C(CO)C[C@]2(O)C1=O)C4(C)C. The minimum absolute atomic E-state index is 0.0202. The summed E-state index contributed by atoms with van der Waals surface area (Å²) in [5.74, 6) is -2.59. The molecule has 6 heteroatoms. The van der Waals surface area contributed by atoms with Crippen molar-refractivity contribution < 1.29 is 30.0 Å². The van der Waals surface area contributed by atoms with Gasteiger partial charge in [0.05, 0.1) is 24.4 Å². The lowest BCUT2D eigenvalue weighted by Crippen LogP contribution is -2.65. The molecule has 4 rings (SSSR count). The third-order valence-corrected chi connectivity index (χ3v) is 8.43. The van der Waals surface area contributed by atoms with Crippen molar-refractivity contribution in [1.29, 1.82) is 0 Å². The molecule has 29 heavy (non-hydrogen) atoms. The van der Waals surface area contributed by atoms with E-state index in [0.717, 1.165) is 0 Å². The van der Waals surface area contributed by atoms with Crippen LogP contribution in [0.25, 0.3) is 0 Å². The third kappa shape index (κ3) is 2.27. The Morgan fingerprint density at radius 2 is 1.86 bits per heavy atom. The molecular formula is C23H34O6. The number of hydrogen-bond donors (Lipinski definition) is 4. The number of Topliss-reactive ketones (excluding diaryl/α,β-unsaturated/α-hetero) is 1. The van der Waals surface area contributed by atoms with Gasteiger partial charge in [-0.2, -0.15) is 0 Å². The largest absolute Gasteiger partial charge is 0.392 e. The number of aliphatic hydroxyl groups is 4. The summed E-state index contributed by atoms with van der Waals surface area (Å²) in [7, 11) is 0. The van der Waals surface area contributed by atoms with E-state index in [4.69, 9.17) is 4.74 Å². The van der Waals surface area contributed by atoms with Crippen LogP contribution in [0.3, 0.4) is 0 Å². The van der Waals surface area contributed by atoms with Crippen molar-refractivity contribution in [3.63, 3.8) is 0 Å². The van der Waals surface area contributed by atoms with Gasteiger partial charge in [-0.3, -0.25) is 4.79 Å². The lowest BCUT2D eigenvalue weighted by atomic mass is 9.59. The maximum absolute atomic E-state index is 12.9. The highest BCUT2D eigenvalue weighted by Crippen LogP contribution is 2.76. The monoisotopic (exact) mass is 406 g/mol. The van der Waals surface area contributed by atoms with Gasteiger partial charge in [0.2, 0.25) is 0 Å². The maximum Gasteiger partial charge on any atom is 0.190 e. The Morgan fingerprint density at radius 3 is 2.41 bits per heavy atom. The Balaban J connectivity index is 1.93. The molecule has 0 aliphatic heterocycles. The van der Waals surface area contributed by atoms with E-state index in [-0.39, 0.29) is 25.0 Å². The van der Waals surface area contributed by atoms with Crippen LogP contribution in [0, 0.1) is 29.1 Å². The highest BCUT2D eigenvalue weighted by atomic mass is 16.5. The summed E-state index contributed by atoms with van der Waals surface area (Å²) in [6, 6.07) is 0. The molecular weight excluding hydrogens is 372 g/mol. The number of ether oxygens (including phenoxy) is 1.